The number of Topliss-reactive ketones (excluding diaryl/α,β-unsaturated/α-hetero) is 1. The summed E-state index contributed by atoms with van der Waals surface area (Å²) in [6.07, 6.45) is 5.87. The van der Waals surface area contributed by atoms with Gasteiger partial charge in [-0.05, 0) is 42.7 Å². The molecule has 3 nitrogen and oxygen atoms in total. The van der Waals surface area contributed by atoms with Crippen LogP contribution >= 0.6 is 0 Å². The number of nitrogens with zero attached hydrogens (tertiary/aromatic N) is 1. The van der Waals surface area contributed by atoms with E-state index in [4.69, 9.17) is 0 Å². The average molecular weight is 325 g/mol. The molecule has 1 aliphatic heterocycles. The van der Waals surface area contributed by atoms with Crippen LogP contribution in [0.1, 0.15) is 25.3 Å². The smallest absolute Gasteiger partial charge is 0.172 e. The molecule has 1 saturated heterocycles. The summed E-state index contributed by atoms with van der Waals surface area (Å²) in [5, 5.41) is 11.0. The summed E-state index contributed by atoms with van der Waals surface area (Å²) in [6.45, 7) is 7.83. The summed E-state index contributed by atoms with van der Waals surface area (Å²) >= 11 is 0. The zero-order valence-electron chi connectivity index (χ0n) is 14.4. The molecule has 0 radical (unpaired) electrons. The van der Waals surface area contributed by atoms with Crippen molar-refractivity contribution in [2.45, 2.75) is 31.8 Å². The highest BCUT2D eigenvalue weighted by Gasteiger charge is 2.48. The maximum atomic E-state index is 12.2. The molecule has 1 aromatic carbocycles. The van der Waals surface area contributed by atoms with Crippen molar-refractivity contribution in [2.24, 2.45) is 11.8 Å². The number of benzene rings is 1. The van der Waals surface area contributed by atoms with Gasteiger partial charge < -0.3 is 5.11 Å². The number of rotatable bonds is 6. The predicted molar refractivity (Wildman–Crippen MR) is 96.7 cm³/mol. The Hall–Kier alpha value is -1.71. The molecule has 1 unspecified atom stereocenters. The molecule has 24 heavy (non-hydrogen) atoms. The summed E-state index contributed by atoms with van der Waals surface area (Å²) in [4.78, 5) is 14.4. The maximum Gasteiger partial charge on any atom is 0.172 e. The topological polar surface area (TPSA) is 40.5 Å². The molecule has 0 bridgehead atoms. The molecule has 0 aromatic heterocycles. The van der Waals surface area contributed by atoms with Gasteiger partial charge in [-0.1, -0.05) is 49.1 Å². The second kappa shape index (κ2) is 7.04. The first kappa shape index (κ1) is 17.1. The fraction of sp³-hybridized carbons (Fsp3) is 0.476. The lowest BCUT2D eigenvalue weighted by Crippen LogP contribution is -2.34. The predicted octanol–water partition coefficient (Wildman–Crippen LogP) is 3.00. The molecule has 128 valence electrons. The van der Waals surface area contributed by atoms with E-state index in [0.29, 0.717) is 18.4 Å². The van der Waals surface area contributed by atoms with Crippen molar-refractivity contribution in [3.8, 4) is 0 Å². The van der Waals surface area contributed by atoms with E-state index in [1.54, 1.807) is 12.2 Å². The fourth-order valence-corrected chi connectivity index (χ4v) is 4.40. The minimum absolute atomic E-state index is 0.175. The van der Waals surface area contributed by atoms with Crippen LogP contribution in [0.2, 0.25) is 0 Å². The fourth-order valence-electron chi connectivity index (χ4n) is 4.40. The number of carbonyl (C=O) groups is 1. The Kier molecular flexibility index (Phi) is 5.02. The molecule has 1 saturated carbocycles. The summed E-state index contributed by atoms with van der Waals surface area (Å²) in [7, 11) is 0. The van der Waals surface area contributed by atoms with Gasteiger partial charge in [0.2, 0.25) is 0 Å². The first-order chi connectivity index (χ1) is 11.5. The van der Waals surface area contributed by atoms with Gasteiger partial charge in [-0.25, -0.2) is 0 Å². The second-order valence-electron chi connectivity index (χ2n) is 7.52. The van der Waals surface area contributed by atoms with Crippen LogP contribution in [0.25, 0.3) is 0 Å². The molecule has 3 atom stereocenters. The Morgan fingerprint density at radius 3 is 2.50 bits per heavy atom. The van der Waals surface area contributed by atoms with Crippen molar-refractivity contribution in [1.29, 1.82) is 0 Å². The van der Waals surface area contributed by atoms with E-state index < -0.39 is 5.60 Å². The molecule has 1 N–H and O–H groups in total. The third-order valence-corrected chi connectivity index (χ3v) is 5.49. The van der Waals surface area contributed by atoms with Crippen molar-refractivity contribution in [1.82, 2.24) is 4.90 Å². The van der Waals surface area contributed by atoms with E-state index in [9.17, 15) is 9.90 Å². The maximum absolute atomic E-state index is 12.2. The van der Waals surface area contributed by atoms with Gasteiger partial charge in [-0.3, -0.25) is 9.69 Å². The van der Waals surface area contributed by atoms with Gasteiger partial charge >= 0.3 is 0 Å². The standard InChI is InChI=1S/C21H27NO2/c1-3-7-16(2)20(23)15-22-13-18-11-21(24,12-19(18)14-22)10-17-8-5-4-6-9-17/h3-9,18-19,24H,1,10-15H2,2H3/b16-7+/t18-,19+,21?. The van der Waals surface area contributed by atoms with Gasteiger partial charge in [0.05, 0.1) is 12.1 Å². The van der Waals surface area contributed by atoms with Crippen molar-refractivity contribution in [3.05, 3.63) is 60.2 Å². The van der Waals surface area contributed by atoms with Gasteiger partial charge in [0, 0.05) is 19.5 Å². The van der Waals surface area contributed by atoms with Crippen LogP contribution in [0.3, 0.4) is 0 Å². The van der Waals surface area contributed by atoms with Crippen molar-refractivity contribution in [2.75, 3.05) is 19.6 Å². The minimum Gasteiger partial charge on any atom is -0.390 e. The van der Waals surface area contributed by atoms with Gasteiger partial charge in [-0.15, -0.1) is 0 Å². The van der Waals surface area contributed by atoms with Crippen molar-refractivity contribution >= 4 is 5.78 Å². The van der Waals surface area contributed by atoms with Crippen molar-refractivity contribution < 1.29 is 9.90 Å². The molecule has 3 rings (SSSR count). The lowest BCUT2D eigenvalue weighted by molar-refractivity contribution is -0.116. The Labute approximate surface area is 144 Å². The third kappa shape index (κ3) is 3.85. The number of hydrogen-bond acceptors (Lipinski definition) is 3. The number of fused-ring (bicyclic) bond motifs is 1. The molecule has 1 aliphatic carbocycles. The Morgan fingerprint density at radius 2 is 1.92 bits per heavy atom. The highest BCUT2D eigenvalue weighted by atomic mass is 16.3. The number of carbonyl (C=O) groups excluding carboxylic acids is 1. The van der Waals surface area contributed by atoms with Crippen LogP contribution in [-0.2, 0) is 11.2 Å². The first-order valence-electron chi connectivity index (χ1n) is 8.80. The lowest BCUT2D eigenvalue weighted by Gasteiger charge is -2.26. The lowest BCUT2D eigenvalue weighted by atomic mass is 9.91. The van der Waals surface area contributed by atoms with Gasteiger partial charge in [0.25, 0.3) is 0 Å². The number of hydrogen-bond donors (Lipinski definition) is 1. The highest BCUT2D eigenvalue weighted by molar-refractivity contribution is 5.96. The van der Waals surface area contributed by atoms with Gasteiger partial charge in [-0.2, -0.15) is 0 Å². The van der Waals surface area contributed by atoms with Gasteiger partial charge in [0.1, 0.15) is 0 Å². The minimum atomic E-state index is -0.578. The van der Waals surface area contributed by atoms with Crippen LogP contribution in [0.5, 0.6) is 0 Å². The Bertz CT molecular complexity index is 620. The quantitative estimate of drug-likeness (QED) is 0.646. The number of likely N-dealkylation sites (tertiary alicyclic amines) is 1. The average Bonchev–Trinajstić information content (AvgIpc) is 3.02. The highest BCUT2D eigenvalue weighted by Crippen LogP contribution is 2.45. The monoisotopic (exact) mass is 325 g/mol. The van der Waals surface area contributed by atoms with E-state index >= 15 is 0 Å². The van der Waals surface area contributed by atoms with Gasteiger partial charge in [0.15, 0.2) is 5.78 Å². The number of allylic oxidation sites excluding steroid dienone is 2. The number of aliphatic hydroxyl groups is 1. The van der Waals surface area contributed by atoms with Crippen LogP contribution < -0.4 is 0 Å². The largest absolute Gasteiger partial charge is 0.390 e. The molecule has 3 heteroatoms. The number of ketones is 1. The zero-order valence-corrected chi connectivity index (χ0v) is 14.4. The molecule has 0 spiro atoms. The van der Waals surface area contributed by atoms with E-state index in [-0.39, 0.29) is 5.78 Å². The van der Waals surface area contributed by atoms with Crippen LogP contribution in [0.4, 0.5) is 0 Å². The Balaban J connectivity index is 1.55. The van der Waals surface area contributed by atoms with E-state index in [0.717, 1.165) is 37.9 Å². The molecule has 0 amide bonds. The Morgan fingerprint density at radius 1 is 1.29 bits per heavy atom. The zero-order chi connectivity index (χ0) is 17.2. The molecule has 2 fully saturated rings. The van der Waals surface area contributed by atoms with Crippen LogP contribution in [0.15, 0.2) is 54.6 Å². The normalized spacial score (nSPS) is 30.3. The first-order valence-corrected chi connectivity index (χ1v) is 8.80. The van der Waals surface area contributed by atoms with Crippen molar-refractivity contribution in [3.63, 3.8) is 0 Å². The second-order valence-corrected chi connectivity index (χ2v) is 7.52. The van der Waals surface area contributed by atoms with Crippen LogP contribution in [0, 0.1) is 11.8 Å². The van der Waals surface area contributed by atoms with E-state index in [1.165, 1.54) is 5.56 Å². The molecular weight excluding hydrogens is 298 g/mol. The van der Waals surface area contributed by atoms with E-state index in [1.807, 2.05) is 25.1 Å². The molecular formula is C21H27NO2. The van der Waals surface area contributed by atoms with Crippen LogP contribution in [-0.4, -0.2) is 41.0 Å². The summed E-state index contributed by atoms with van der Waals surface area (Å²) in [5.41, 5.74) is 1.39. The SMILES string of the molecule is C=C/C=C(\C)C(=O)CN1C[C@@H]2CC(O)(Cc3ccccc3)C[C@@H]2C1. The summed E-state index contributed by atoms with van der Waals surface area (Å²) in [6, 6.07) is 10.2. The summed E-state index contributed by atoms with van der Waals surface area (Å²) < 4.78 is 0. The third-order valence-electron chi connectivity index (χ3n) is 5.49. The molecule has 1 heterocycles. The van der Waals surface area contributed by atoms with E-state index in [2.05, 4.69) is 23.6 Å². The molecule has 2 aliphatic rings. The molecule has 1 aromatic rings. The summed E-state index contributed by atoms with van der Waals surface area (Å²) in [5.74, 6) is 1.19.